The fraction of sp³-hybridized carbons (Fsp3) is 0.167. The highest BCUT2D eigenvalue weighted by molar-refractivity contribution is 5.92. The van der Waals surface area contributed by atoms with Crippen LogP contribution in [0, 0.1) is 6.92 Å². The van der Waals surface area contributed by atoms with Crippen LogP contribution in [0.3, 0.4) is 0 Å². The minimum Gasteiger partial charge on any atom is -0.455 e. The van der Waals surface area contributed by atoms with E-state index in [4.69, 9.17) is 4.74 Å². The van der Waals surface area contributed by atoms with Crippen molar-refractivity contribution in [2.24, 2.45) is 0 Å². The van der Waals surface area contributed by atoms with Crippen LogP contribution >= 0.6 is 0 Å². The minimum absolute atomic E-state index is 0.0771. The Morgan fingerprint density at radius 2 is 1.81 bits per heavy atom. The number of nitrogens with one attached hydrogen (secondary N) is 1. The van der Waals surface area contributed by atoms with Gasteiger partial charge in [0.25, 0.3) is 5.91 Å². The van der Waals surface area contributed by atoms with Gasteiger partial charge < -0.3 is 10.1 Å². The quantitative estimate of drug-likeness (QED) is 0.679. The van der Waals surface area contributed by atoms with Gasteiger partial charge in [-0.2, -0.15) is 0 Å². The summed E-state index contributed by atoms with van der Waals surface area (Å²) in [5.74, 6) is -0.851. The van der Waals surface area contributed by atoms with Crippen LogP contribution in [0.15, 0.2) is 54.9 Å². The first-order valence-electron chi connectivity index (χ1n) is 7.94. The highest BCUT2D eigenvalue weighted by atomic mass is 16.5. The smallest absolute Gasteiger partial charge is 0.310 e. The zero-order chi connectivity index (χ0) is 18.4. The molecule has 2 aromatic carbocycles. The summed E-state index contributed by atoms with van der Waals surface area (Å²) < 4.78 is 6.53. The molecule has 26 heavy (non-hydrogen) atoms. The lowest BCUT2D eigenvalue weighted by atomic mass is 10.1. The first-order chi connectivity index (χ1) is 12.6. The van der Waals surface area contributed by atoms with Crippen LogP contribution in [0.2, 0.25) is 0 Å². The summed E-state index contributed by atoms with van der Waals surface area (Å²) in [5, 5.41) is 13.6. The van der Waals surface area contributed by atoms with Crippen LogP contribution in [0.4, 0.5) is 5.69 Å². The monoisotopic (exact) mass is 351 g/mol. The van der Waals surface area contributed by atoms with Crippen molar-refractivity contribution in [3.05, 3.63) is 66.0 Å². The van der Waals surface area contributed by atoms with Crippen molar-refractivity contribution in [1.82, 2.24) is 20.2 Å². The van der Waals surface area contributed by atoms with Gasteiger partial charge in [-0.3, -0.25) is 9.59 Å². The predicted octanol–water partition coefficient (Wildman–Crippen LogP) is 1.70. The number of hydrogen-bond acceptors (Lipinski definition) is 6. The van der Waals surface area contributed by atoms with E-state index in [-0.39, 0.29) is 18.9 Å². The third-order valence-electron chi connectivity index (χ3n) is 3.60. The van der Waals surface area contributed by atoms with Gasteiger partial charge in [0, 0.05) is 5.69 Å². The fourth-order valence-corrected chi connectivity index (χ4v) is 2.24. The van der Waals surface area contributed by atoms with Crippen molar-refractivity contribution in [1.29, 1.82) is 0 Å². The van der Waals surface area contributed by atoms with Gasteiger partial charge in [0.2, 0.25) is 0 Å². The van der Waals surface area contributed by atoms with E-state index in [9.17, 15) is 9.59 Å². The first-order valence-corrected chi connectivity index (χ1v) is 7.94. The summed E-state index contributed by atoms with van der Waals surface area (Å²) in [7, 11) is 0. The lowest BCUT2D eigenvalue weighted by Crippen LogP contribution is -2.21. The van der Waals surface area contributed by atoms with Crippen molar-refractivity contribution in [3.8, 4) is 5.69 Å². The first kappa shape index (κ1) is 17.3. The Morgan fingerprint density at radius 1 is 1.08 bits per heavy atom. The molecule has 0 aliphatic carbocycles. The van der Waals surface area contributed by atoms with Gasteiger partial charge >= 0.3 is 5.97 Å². The number of benzene rings is 2. The number of tetrazole rings is 1. The van der Waals surface area contributed by atoms with Crippen LogP contribution in [0.5, 0.6) is 0 Å². The van der Waals surface area contributed by atoms with E-state index in [1.54, 1.807) is 36.4 Å². The molecule has 132 valence electrons. The van der Waals surface area contributed by atoms with Crippen molar-refractivity contribution in [3.63, 3.8) is 0 Å². The average molecular weight is 351 g/mol. The molecule has 1 heterocycles. The predicted molar refractivity (Wildman–Crippen MR) is 93.6 cm³/mol. The lowest BCUT2D eigenvalue weighted by molar-refractivity contribution is -0.146. The second kappa shape index (κ2) is 8.02. The molecule has 0 radical (unpaired) electrons. The molecule has 1 aromatic heterocycles. The average Bonchev–Trinajstić information content (AvgIpc) is 3.17. The van der Waals surface area contributed by atoms with Gasteiger partial charge in [-0.1, -0.05) is 29.8 Å². The molecule has 0 unspecified atom stereocenters. The molecular weight excluding hydrogens is 334 g/mol. The molecule has 0 aliphatic heterocycles. The molecule has 0 saturated heterocycles. The molecule has 3 rings (SSSR count). The van der Waals surface area contributed by atoms with Crippen LogP contribution in [0.25, 0.3) is 5.69 Å². The number of esters is 1. The Labute approximate surface area is 149 Å². The van der Waals surface area contributed by atoms with E-state index in [2.05, 4.69) is 20.8 Å². The van der Waals surface area contributed by atoms with Crippen molar-refractivity contribution in [2.45, 2.75) is 13.3 Å². The number of aryl methyl sites for hydroxylation is 1. The third kappa shape index (κ3) is 4.73. The van der Waals surface area contributed by atoms with E-state index < -0.39 is 5.97 Å². The lowest BCUT2D eigenvalue weighted by Gasteiger charge is -2.07. The van der Waals surface area contributed by atoms with Gasteiger partial charge in [0.05, 0.1) is 12.1 Å². The van der Waals surface area contributed by atoms with Crippen LogP contribution < -0.4 is 5.32 Å². The summed E-state index contributed by atoms with van der Waals surface area (Å²) in [6.07, 6.45) is 1.56. The molecule has 0 fully saturated rings. The number of carbonyl (C=O) groups is 2. The number of aromatic nitrogens is 4. The summed E-state index contributed by atoms with van der Waals surface area (Å²) in [6, 6.07) is 14.5. The number of nitrogens with zero attached hydrogens (tertiary/aromatic N) is 4. The summed E-state index contributed by atoms with van der Waals surface area (Å²) in [4.78, 5) is 23.7. The highest BCUT2D eigenvalue weighted by Gasteiger charge is 2.09. The molecule has 0 spiro atoms. The minimum atomic E-state index is -0.473. The fourth-order valence-electron chi connectivity index (χ4n) is 2.24. The van der Waals surface area contributed by atoms with Gasteiger partial charge in [-0.15, -0.1) is 5.10 Å². The second-order valence-corrected chi connectivity index (χ2v) is 5.67. The van der Waals surface area contributed by atoms with E-state index in [1.807, 2.05) is 19.1 Å². The molecule has 8 heteroatoms. The van der Waals surface area contributed by atoms with Gasteiger partial charge in [0.15, 0.2) is 6.61 Å². The molecule has 0 saturated carbocycles. The Morgan fingerprint density at radius 3 is 2.46 bits per heavy atom. The van der Waals surface area contributed by atoms with Crippen LogP contribution in [-0.2, 0) is 20.7 Å². The number of anilines is 1. The maximum Gasteiger partial charge on any atom is 0.310 e. The van der Waals surface area contributed by atoms with Gasteiger partial charge in [-0.25, -0.2) is 4.68 Å². The molecule has 8 nitrogen and oxygen atoms in total. The molecule has 1 N–H and O–H groups in total. The standard InChI is InChI=1S/C18H17N5O3/c1-13-2-6-15(7-3-13)20-17(24)11-26-18(25)10-14-4-8-16(9-5-14)23-12-19-21-22-23/h2-9,12H,10-11H2,1H3,(H,20,24). The van der Waals surface area contributed by atoms with E-state index in [0.717, 1.165) is 16.8 Å². The second-order valence-electron chi connectivity index (χ2n) is 5.67. The van der Waals surface area contributed by atoms with Crippen LogP contribution in [-0.4, -0.2) is 38.7 Å². The molecule has 0 aliphatic rings. The number of hydrogen-bond donors (Lipinski definition) is 1. The van der Waals surface area contributed by atoms with Gasteiger partial charge in [-0.05, 0) is 47.2 Å². The van der Waals surface area contributed by atoms with Crippen molar-refractivity contribution in [2.75, 3.05) is 11.9 Å². The summed E-state index contributed by atoms with van der Waals surface area (Å²) >= 11 is 0. The van der Waals surface area contributed by atoms with Crippen molar-refractivity contribution >= 4 is 17.6 Å². The summed E-state index contributed by atoms with van der Waals surface area (Å²) in [6.45, 7) is 1.64. The number of ether oxygens (including phenoxy) is 1. The van der Waals surface area contributed by atoms with E-state index >= 15 is 0 Å². The maximum absolute atomic E-state index is 11.9. The Kier molecular flexibility index (Phi) is 5.33. The number of rotatable bonds is 6. The molecule has 1 amide bonds. The van der Waals surface area contributed by atoms with Gasteiger partial charge in [0.1, 0.15) is 6.33 Å². The Balaban J connectivity index is 1.46. The number of carbonyl (C=O) groups excluding carboxylic acids is 2. The molecule has 0 bridgehead atoms. The van der Waals surface area contributed by atoms with Crippen LogP contribution in [0.1, 0.15) is 11.1 Å². The Bertz CT molecular complexity index is 874. The maximum atomic E-state index is 11.9. The largest absolute Gasteiger partial charge is 0.455 e. The molecule has 3 aromatic rings. The zero-order valence-electron chi connectivity index (χ0n) is 14.1. The summed E-state index contributed by atoms with van der Waals surface area (Å²) in [5.41, 5.74) is 3.31. The Hall–Kier alpha value is -3.55. The zero-order valence-corrected chi connectivity index (χ0v) is 14.1. The van der Waals surface area contributed by atoms with E-state index in [1.165, 1.54) is 11.0 Å². The normalized spacial score (nSPS) is 10.3. The van der Waals surface area contributed by atoms with E-state index in [0.29, 0.717) is 5.69 Å². The third-order valence-corrected chi connectivity index (χ3v) is 3.60. The molecular formula is C18H17N5O3. The molecule has 0 atom stereocenters. The number of amides is 1. The van der Waals surface area contributed by atoms with Crippen molar-refractivity contribution < 1.29 is 14.3 Å². The highest BCUT2D eigenvalue weighted by Crippen LogP contribution is 2.10. The topological polar surface area (TPSA) is 99.0 Å². The SMILES string of the molecule is Cc1ccc(NC(=O)COC(=O)Cc2ccc(-n3cnnn3)cc2)cc1.